The fourth-order valence-corrected chi connectivity index (χ4v) is 8.02. The van der Waals surface area contributed by atoms with Gasteiger partial charge in [-0.2, -0.15) is 0 Å². The maximum atomic E-state index is 12.5. The Morgan fingerprint density at radius 3 is 1.33 bits per heavy atom. The summed E-state index contributed by atoms with van der Waals surface area (Å²) < 4.78 is 5.45. The molecule has 0 aromatic carbocycles. The lowest BCUT2D eigenvalue weighted by molar-refractivity contribution is -0.143. The van der Waals surface area contributed by atoms with Gasteiger partial charge in [-0.1, -0.05) is 224 Å². The van der Waals surface area contributed by atoms with Crippen LogP contribution >= 0.6 is 0 Å². The summed E-state index contributed by atoms with van der Waals surface area (Å²) in [5.41, 5.74) is 0. The summed E-state index contributed by atoms with van der Waals surface area (Å²) >= 11 is 0. The lowest BCUT2D eigenvalue weighted by Gasteiger charge is -2.22. The molecule has 61 heavy (non-hydrogen) atoms. The highest BCUT2D eigenvalue weighted by molar-refractivity contribution is 5.76. The summed E-state index contributed by atoms with van der Waals surface area (Å²) in [6.45, 7) is 4.86. The van der Waals surface area contributed by atoms with Crippen LogP contribution in [0.4, 0.5) is 0 Å². The molecule has 0 aromatic rings. The van der Waals surface area contributed by atoms with E-state index in [4.69, 9.17) is 4.74 Å². The van der Waals surface area contributed by atoms with Crippen LogP contribution < -0.4 is 5.32 Å². The van der Waals surface area contributed by atoms with Gasteiger partial charge in [0.15, 0.2) is 0 Å². The first-order valence-corrected chi connectivity index (χ1v) is 26.7. The molecular formula is C55H103NO5. The average Bonchev–Trinajstić information content (AvgIpc) is 3.26. The number of aliphatic hydroxyl groups is 2. The van der Waals surface area contributed by atoms with Crippen LogP contribution in [0.1, 0.15) is 277 Å². The Kier molecular flexibility index (Phi) is 49.1. The van der Waals surface area contributed by atoms with Crippen LogP contribution in [-0.4, -0.2) is 47.4 Å². The highest BCUT2D eigenvalue weighted by Crippen LogP contribution is 2.16. The van der Waals surface area contributed by atoms with E-state index in [1.807, 2.05) is 0 Å². The van der Waals surface area contributed by atoms with Crippen molar-refractivity contribution in [1.82, 2.24) is 5.32 Å². The summed E-state index contributed by atoms with van der Waals surface area (Å²) in [6, 6.07) is -0.554. The van der Waals surface area contributed by atoms with Gasteiger partial charge in [0, 0.05) is 12.8 Å². The second-order valence-electron chi connectivity index (χ2n) is 18.2. The van der Waals surface area contributed by atoms with Gasteiger partial charge in [0.1, 0.15) is 0 Å². The lowest BCUT2D eigenvalue weighted by atomic mass is 10.0. The third-order valence-electron chi connectivity index (χ3n) is 12.1. The zero-order valence-electron chi connectivity index (χ0n) is 40.6. The molecule has 0 spiro atoms. The Morgan fingerprint density at radius 1 is 0.459 bits per heavy atom. The molecule has 0 aromatic heterocycles. The second kappa shape index (κ2) is 50.7. The van der Waals surface area contributed by atoms with Gasteiger partial charge in [0.25, 0.3) is 0 Å². The van der Waals surface area contributed by atoms with Gasteiger partial charge in [-0.15, -0.1) is 0 Å². The van der Waals surface area contributed by atoms with Crippen molar-refractivity contribution in [2.75, 3.05) is 13.2 Å². The third kappa shape index (κ3) is 47.4. The van der Waals surface area contributed by atoms with Crippen molar-refractivity contribution in [2.24, 2.45) is 0 Å². The maximum absolute atomic E-state index is 12.5. The highest BCUT2D eigenvalue weighted by atomic mass is 16.5. The molecule has 0 aliphatic rings. The van der Waals surface area contributed by atoms with E-state index >= 15 is 0 Å². The van der Waals surface area contributed by atoms with E-state index in [0.717, 1.165) is 77.0 Å². The fourth-order valence-electron chi connectivity index (χ4n) is 8.02. The zero-order valence-corrected chi connectivity index (χ0v) is 40.6. The summed E-state index contributed by atoms with van der Waals surface area (Å²) in [7, 11) is 0. The molecule has 2 unspecified atom stereocenters. The van der Waals surface area contributed by atoms with Crippen molar-refractivity contribution in [3.63, 3.8) is 0 Å². The van der Waals surface area contributed by atoms with E-state index < -0.39 is 12.1 Å². The minimum Gasteiger partial charge on any atom is -0.466 e. The molecule has 0 heterocycles. The summed E-state index contributed by atoms with van der Waals surface area (Å²) in [6.07, 6.45) is 61.1. The van der Waals surface area contributed by atoms with Gasteiger partial charge in [0.05, 0.1) is 25.4 Å². The summed E-state index contributed by atoms with van der Waals surface area (Å²) in [5, 5.41) is 23.2. The van der Waals surface area contributed by atoms with Gasteiger partial charge in [-0.3, -0.25) is 9.59 Å². The number of unbranched alkanes of at least 4 members (excludes halogenated alkanes) is 32. The first kappa shape index (κ1) is 59.1. The van der Waals surface area contributed by atoms with Crippen LogP contribution in [0, 0.1) is 0 Å². The third-order valence-corrected chi connectivity index (χ3v) is 12.1. The van der Waals surface area contributed by atoms with Crippen LogP contribution in [0.25, 0.3) is 0 Å². The largest absolute Gasteiger partial charge is 0.466 e. The molecule has 358 valence electrons. The fraction of sp³-hybridized carbons (Fsp3) is 0.855. The highest BCUT2D eigenvalue weighted by Gasteiger charge is 2.20. The number of allylic oxidation sites excluding steroid dienone is 6. The number of esters is 1. The molecule has 0 bridgehead atoms. The second-order valence-corrected chi connectivity index (χ2v) is 18.2. The van der Waals surface area contributed by atoms with Crippen molar-refractivity contribution in [3.8, 4) is 0 Å². The molecule has 6 nitrogen and oxygen atoms in total. The number of aliphatic hydroxyl groups excluding tert-OH is 2. The normalized spacial score (nSPS) is 12.9. The zero-order chi connectivity index (χ0) is 44.4. The van der Waals surface area contributed by atoms with E-state index in [1.165, 1.54) is 167 Å². The topological polar surface area (TPSA) is 95.9 Å². The van der Waals surface area contributed by atoms with Crippen molar-refractivity contribution < 1.29 is 24.5 Å². The van der Waals surface area contributed by atoms with Crippen molar-refractivity contribution in [3.05, 3.63) is 36.5 Å². The van der Waals surface area contributed by atoms with Crippen LogP contribution in [0.5, 0.6) is 0 Å². The first-order valence-electron chi connectivity index (χ1n) is 26.7. The molecule has 6 heteroatoms. The van der Waals surface area contributed by atoms with E-state index in [0.29, 0.717) is 25.9 Å². The van der Waals surface area contributed by atoms with E-state index in [1.54, 1.807) is 0 Å². The quantitative estimate of drug-likeness (QED) is 0.0322. The number of rotatable bonds is 49. The number of ether oxygens (including phenoxy) is 1. The Hall–Kier alpha value is -1.92. The number of nitrogens with one attached hydrogen (secondary N) is 1. The van der Waals surface area contributed by atoms with Crippen LogP contribution in [0.3, 0.4) is 0 Å². The van der Waals surface area contributed by atoms with Gasteiger partial charge in [-0.25, -0.2) is 0 Å². The molecule has 0 saturated heterocycles. The number of hydrogen-bond acceptors (Lipinski definition) is 5. The molecule has 0 aliphatic heterocycles. The lowest BCUT2D eigenvalue weighted by Crippen LogP contribution is -2.45. The molecule has 0 aliphatic carbocycles. The van der Waals surface area contributed by atoms with E-state index in [-0.39, 0.29) is 18.5 Å². The number of hydrogen-bond donors (Lipinski definition) is 3. The van der Waals surface area contributed by atoms with Crippen LogP contribution in [-0.2, 0) is 14.3 Å². The molecule has 2 atom stereocenters. The number of amides is 1. The molecule has 3 N–H and O–H groups in total. The molecule has 0 fully saturated rings. The number of carbonyl (C=O) groups excluding carboxylic acids is 2. The standard InChI is InChI=1S/C55H103NO5/c1-3-5-7-9-11-13-15-17-20-24-27-31-35-39-43-47-53(58)52(51-57)56-54(59)48-44-40-36-32-28-25-21-18-19-22-26-30-34-38-42-46-50-61-55(60)49-45-41-37-33-29-23-16-14-12-10-8-6-4-2/h8,10,14,16,18,21,52-53,57-58H,3-7,9,11-13,15,17,19-20,22-51H2,1-2H3,(H,56,59)/b10-8-,16-14-,21-18-. The SMILES string of the molecule is CCC/C=C\C/C=C\CCCCCCCC(=O)OCCCCCCCCC/C=C\CCCCCCCC(=O)NC(CO)C(O)CCCCCCCCCCCCCCCCC. The predicted octanol–water partition coefficient (Wildman–Crippen LogP) is 16.1. The van der Waals surface area contributed by atoms with E-state index in [9.17, 15) is 19.8 Å². The molecular weight excluding hydrogens is 755 g/mol. The minimum atomic E-state index is -0.675. The van der Waals surface area contributed by atoms with Gasteiger partial charge < -0.3 is 20.3 Å². The van der Waals surface area contributed by atoms with Crippen LogP contribution in [0.2, 0.25) is 0 Å². The average molecular weight is 858 g/mol. The Bertz CT molecular complexity index is 993. The Balaban J connectivity index is 3.48. The molecule has 1 amide bonds. The van der Waals surface area contributed by atoms with Crippen molar-refractivity contribution in [1.29, 1.82) is 0 Å². The molecule has 0 rings (SSSR count). The maximum Gasteiger partial charge on any atom is 0.305 e. The van der Waals surface area contributed by atoms with Crippen LogP contribution in [0.15, 0.2) is 36.5 Å². The van der Waals surface area contributed by atoms with Gasteiger partial charge in [0.2, 0.25) is 5.91 Å². The molecule has 0 radical (unpaired) electrons. The van der Waals surface area contributed by atoms with E-state index in [2.05, 4.69) is 55.6 Å². The summed E-state index contributed by atoms with van der Waals surface area (Å²) in [4.78, 5) is 24.5. The number of carbonyl (C=O) groups is 2. The van der Waals surface area contributed by atoms with Crippen molar-refractivity contribution in [2.45, 2.75) is 289 Å². The summed E-state index contributed by atoms with van der Waals surface area (Å²) in [5.74, 6) is -0.0710. The first-order chi connectivity index (χ1) is 30.0. The van der Waals surface area contributed by atoms with Crippen molar-refractivity contribution >= 4 is 11.9 Å². The predicted molar refractivity (Wildman–Crippen MR) is 264 cm³/mol. The minimum absolute atomic E-state index is 0.0185. The van der Waals surface area contributed by atoms with Gasteiger partial charge >= 0.3 is 5.97 Å². The smallest absolute Gasteiger partial charge is 0.305 e. The van der Waals surface area contributed by atoms with Gasteiger partial charge in [-0.05, 0) is 77.0 Å². The Labute approximate surface area is 379 Å². The monoisotopic (exact) mass is 858 g/mol. The Morgan fingerprint density at radius 2 is 0.852 bits per heavy atom. The molecule has 0 saturated carbocycles.